The number of aryl methyl sites for hydroxylation is 1. The molecular formula is C22H25N7O. The lowest BCUT2D eigenvalue weighted by atomic mass is 9.96. The summed E-state index contributed by atoms with van der Waals surface area (Å²) in [6.07, 6.45) is 12.1. The van der Waals surface area contributed by atoms with Crippen LogP contribution in [0.1, 0.15) is 32.4 Å². The maximum absolute atomic E-state index is 6.16. The molecule has 5 heterocycles. The molecule has 2 unspecified atom stereocenters. The zero-order valence-corrected chi connectivity index (χ0v) is 17.4. The quantitative estimate of drug-likeness (QED) is 0.821. The Bertz CT molecular complexity index is 1090. The number of nitrogens with one attached hydrogen (secondary N) is 1. The maximum Gasteiger partial charge on any atom is 0.228 e. The van der Waals surface area contributed by atoms with E-state index in [1.807, 2.05) is 25.3 Å². The van der Waals surface area contributed by atoms with Crippen molar-refractivity contribution in [3.63, 3.8) is 0 Å². The number of nitrogens with zero attached hydrogens (tertiary/aromatic N) is 6. The van der Waals surface area contributed by atoms with Gasteiger partial charge in [-0.25, -0.2) is 9.97 Å². The zero-order valence-electron chi connectivity index (χ0n) is 17.4. The molecule has 8 nitrogen and oxygen atoms in total. The molecule has 2 atom stereocenters. The van der Waals surface area contributed by atoms with Crippen molar-refractivity contribution in [1.29, 1.82) is 0 Å². The topological polar surface area (TPSA) is 80.5 Å². The lowest BCUT2D eigenvalue weighted by molar-refractivity contribution is 0.107. The number of ether oxygens (including phenoxy) is 1. The minimum atomic E-state index is 0.146. The fraction of sp³-hybridized carbons (Fsp3) is 0.364. The van der Waals surface area contributed by atoms with Gasteiger partial charge in [-0.2, -0.15) is 5.10 Å². The first-order valence-corrected chi connectivity index (χ1v) is 10.4. The van der Waals surface area contributed by atoms with E-state index in [2.05, 4.69) is 46.3 Å². The average Bonchev–Trinajstić information content (AvgIpc) is 3.14. The van der Waals surface area contributed by atoms with Gasteiger partial charge in [0.25, 0.3) is 0 Å². The highest BCUT2D eigenvalue weighted by Gasteiger charge is 2.37. The summed E-state index contributed by atoms with van der Waals surface area (Å²) in [5, 5.41) is 7.38. The van der Waals surface area contributed by atoms with Crippen LogP contribution in [0.5, 0.6) is 0 Å². The average molecular weight is 403 g/mol. The van der Waals surface area contributed by atoms with E-state index >= 15 is 0 Å². The van der Waals surface area contributed by atoms with Gasteiger partial charge in [-0.15, -0.1) is 0 Å². The van der Waals surface area contributed by atoms with Crippen LogP contribution in [0.4, 0.5) is 11.8 Å². The normalized spacial score (nSPS) is 22.3. The number of hydrogen-bond acceptors (Lipinski definition) is 7. The molecule has 0 saturated carbocycles. The van der Waals surface area contributed by atoms with Gasteiger partial charge >= 0.3 is 0 Å². The van der Waals surface area contributed by atoms with Crippen LogP contribution in [-0.2, 0) is 11.8 Å². The standard InChI is InChI=1S/C22H25N7O/c1-4-5-15-13-30-20-12-16(11-17-10-14(2)25-21(15)29(17)20)18-6-8-23-22(26-18)27-19-7-9-24-28(19)3/h6-12,14-15H,4-5,13H2,1-3H3,(H,23,26,27). The number of aliphatic imine (C=N–C) groups is 1. The van der Waals surface area contributed by atoms with Crippen LogP contribution in [0.2, 0.25) is 0 Å². The van der Waals surface area contributed by atoms with Crippen molar-refractivity contribution in [2.75, 3.05) is 11.9 Å². The Balaban J connectivity index is 1.47. The molecule has 0 spiro atoms. The van der Waals surface area contributed by atoms with Gasteiger partial charge in [0.15, 0.2) is 5.88 Å². The van der Waals surface area contributed by atoms with Crippen LogP contribution in [0, 0.1) is 5.92 Å². The molecule has 1 saturated heterocycles. The van der Waals surface area contributed by atoms with Gasteiger partial charge in [0.2, 0.25) is 5.95 Å². The molecule has 0 bridgehead atoms. The van der Waals surface area contributed by atoms with Crippen molar-refractivity contribution in [3.8, 4) is 0 Å². The first kappa shape index (κ1) is 18.6. The first-order chi connectivity index (χ1) is 14.6. The lowest BCUT2D eigenvalue weighted by Gasteiger charge is -2.42. The van der Waals surface area contributed by atoms with E-state index in [1.165, 1.54) is 0 Å². The molecular weight excluding hydrogens is 378 g/mol. The fourth-order valence-electron chi connectivity index (χ4n) is 4.06. The molecule has 0 aliphatic carbocycles. The number of rotatable bonds is 5. The molecule has 1 N–H and O–H groups in total. The molecule has 2 aromatic heterocycles. The van der Waals surface area contributed by atoms with Crippen LogP contribution in [0.3, 0.4) is 0 Å². The predicted molar refractivity (Wildman–Crippen MR) is 116 cm³/mol. The fourth-order valence-corrected chi connectivity index (χ4v) is 4.06. The van der Waals surface area contributed by atoms with Crippen molar-refractivity contribution >= 4 is 23.2 Å². The van der Waals surface area contributed by atoms with E-state index in [0.717, 1.165) is 47.3 Å². The second kappa shape index (κ2) is 7.44. The van der Waals surface area contributed by atoms with Crippen molar-refractivity contribution < 1.29 is 4.74 Å². The maximum atomic E-state index is 6.16. The van der Waals surface area contributed by atoms with Crippen molar-refractivity contribution in [3.05, 3.63) is 60.0 Å². The Morgan fingerprint density at radius 2 is 2.13 bits per heavy atom. The Morgan fingerprint density at radius 1 is 1.23 bits per heavy atom. The first-order valence-electron chi connectivity index (χ1n) is 10.4. The van der Waals surface area contributed by atoms with E-state index in [1.54, 1.807) is 17.1 Å². The number of anilines is 2. The van der Waals surface area contributed by atoms with Crippen LogP contribution < -0.4 is 5.32 Å². The molecule has 3 aliphatic heterocycles. The summed E-state index contributed by atoms with van der Waals surface area (Å²) in [6.45, 7) is 5.00. The molecule has 0 radical (unpaired) electrons. The SMILES string of the molecule is CCCC1COC2=CC(c3ccnc(Nc4ccnn4C)n3)=CC3=CC(C)N=C1N32. The minimum absolute atomic E-state index is 0.146. The van der Waals surface area contributed by atoms with Crippen LogP contribution in [0.15, 0.2) is 59.3 Å². The summed E-state index contributed by atoms with van der Waals surface area (Å²) >= 11 is 0. The Labute approximate surface area is 175 Å². The molecule has 0 amide bonds. The minimum Gasteiger partial charge on any atom is -0.478 e. The van der Waals surface area contributed by atoms with Crippen LogP contribution in [-0.4, -0.2) is 43.1 Å². The second-order valence-corrected chi connectivity index (χ2v) is 7.76. The van der Waals surface area contributed by atoms with Crippen molar-refractivity contribution in [2.45, 2.75) is 32.7 Å². The van der Waals surface area contributed by atoms with E-state index in [-0.39, 0.29) is 6.04 Å². The molecule has 2 aromatic rings. The lowest BCUT2D eigenvalue weighted by Crippen LogP contribution is -2.45. The molecule has 8 heteroatoms. The van der Waals surface area contributed by atoms with Crippen LogP contribution in [0.25, 0.3) is 5.57 Å². The summed E-state index contributed by atoms with van der Waals surface area (Å²) in [5.41, 5.74) is 2.92. The largest absolute Gasteiger partial charge is 0.478 e. The van der Waals surface area contributed by atoms with Gasteiger partial charge in [0.1, 0.15) is 11.7 Å². The van der Waals surface area contributed by atoms with Crippen LogP contribution >= 0.6 is 0 Å². The molecule has 30 heavy (non-hydrogen) atoms. The number of hydrogen-bond donors (Lipinski definition) is 1. The predicted octanol–water partition coefficient (Wildman–Crippen LogP) is 3.63. The Kier molecular flexibility index (Phi) is 4.61. The van der Waals surface area contributed by atoms with Gasteiger partial charge in [-0.1, -0.05) is 13.3 Å². The number of allylic oxidation sites excluding steroid dienone is 3. The van der Waals surface area contributed by atoms with E-state index < -0.39 is 0 Å². The van der Waals surface area contributed by atoms with Gasteiger partial charge in [0.05, 0.1) is 30.5 Å². The molecule has 5 rings (SSSR count). The summed E-state index contributed by atoms with van der Waals surface area (Å²) in [5.74, 6) is 3.63. The monoisotopic (exact) mass is 403 g/mol. The molecule has 1 fully saturated rings. The highest BCUT2D eigenvalue weighted by atomic mass is 16.5. The van der Waals surface area contributed by atoms with Gasteiger partial charge in [0, 0.05) is 36.7 Å². The highest BCUT2D eigenvalue weighted by molar-refractivity contribution is 5.93. The zero-order chi connectivity index (χ0) is 20.7. The molecule has 3 aliphatic rings. The molecule has 0 aromatic carbocycles. The van der Waals surface area contributed by atoms with E-state index in [0.29, 0.717) is 18.5 Å². The Hall–Kier alpha value is -3.42. The number of aromatic nitrogens is 4. The van der Waals surface area contributed by atoms with Crippen molar-refractivity contribution in [1.82, 2.24) is 24.6 Å². The summed E-state index contributed by atoms with van der Waals surface area (Å²) < 4.78 is 7.90. The summed E-state index contributed by atoms with van der Waals surface area (Å²) in [7, 11) is 1.87. The number of amidine groups is 1. The molecule has 154 valence electrons. The summed E-state index contributed by atoms with van der Waals surface area (Å²) in [4.78, 5) is 16.1. The highest BCUT2D eigenvalue weighted by Crippen LogP contribution is 2.37. The smallest absolute Gasteiger partial charge is 0.228 e. The van der Waals surface area contributed by atoms with E-state index in [4.69, 9.17) is 14.7 Å². The van der Waals surface area contributed by atoms with Gasteiger partial charge in [-0.05, 0) is 31.6 Å². The second-order valence-electron chi connectivity index (χ2n) is 7.76. The van der Waals surface area contributed by atoms with E-state index in [9.17, 15) is 0 Å². The van der Waals surface area contributed by atoms with Gasteiger partial charge < -0.3 is 10.1 Å². The third-order valence-corrected chi connectivity index (χ3v) is 5.48. The van der Waals surface area contributed by atoms with Gasteiger partial charge in [-0.3, -0.25) is 14.6 Å². The summed E-state index contributed by atoms with van der Waals surface area (Å²) in [6, 6.07) is 3.94. The third kappa shape index (κ3) is 3.28. The van der Waals surface area contributed by atoms with Crippen molar-refractivity contribution in [2.24, 2.45) is 18.0 Å². The third-order valence-electron chi connectivity index (χ3n) is 5.48. The Morgan fingerprint density at radius 3 is 2.93 bits per heavy atom.